The summed E-state index contributed by atoms with van der Waals surface area (Å²) in [5.74, 6) is -0.213. The molecule has 4 aromatic rings. The lowest BCUT2D eigenvalue weighted by atomic mass is 10.0. The summed E-state index contributed by atoms with van der Waals surface area (Å²) in [6.07, 6.45) is 6.36. The van der Waals surface area contributed by atoms with E-state index in [4.69, 9.17) is 0 Å². The fourth-order valence-electron chi connectivity index (χ4n) is 5.30. The molecular weight excluding hydrogens is 499 g/mol. The summed E-state index contributed by atoms with van der Waals surface area (Å²) in [7, 11) is 0. The van der Waals surface area contributed by atoms with Crippen molar-refractivity contribution < 1.29 is 14.3 Å². The molecule has 39 heavy (non-hydrogen) atoms. The van der Waals surface area contributed by atoms with Crippen LogP contribution in [-0.4, -0.2) is 63.1 Å². The molecule has 200 valence electrons. The van der Waals surface area contributed by atoms with Crippen LogP contribution in [0.3, 0.4) is 0 Å². The number of H-pyrrole nitrogens is 1. The van der Waals surface area contributed by atoms with Crippen molar-refractivity contribution in [3.8, 4) is 11.3 Å². The summed E-state index contributed by atoms with van der Waals surface area (Å²) in [5, 5.41) is 13.3. The van der Waals surface area contributed by atoms with Gasteiger partial charge in [-0.3, -0.25) is 9.59 Å². The van der Waals surface area contributed by atoms with Gasteiger partial charge in [0.25, 0.3) is 11.5 Å². The van der Waals surface area contributed by atoms with Gasteiger partial charge in [0.2, 0.25) is 0 Å². The van der Waals surface area contributed by atoms with Crippen LogP contribution in [0.2, 0.25) is 0 Å². The van der Waals surface area contributed by atoms with E-state index in [0.717, 1.165) is 44.5 Å². The van der Waals surface area contributed by atoms with E-state index in [2.05, 4.69) is 25.2 Å². The van der Waals surface area contributed by atoms with Gasteiger partial charge >= 0.3 is 0 Å². The number of piperidine rings is 1. The van der Waals surface area contributed by atoms with Crippen LogP contribution in [-0.2, 0) is 0 Å². The molecule has 2 fully saturated rings. The van der Waals surface area contributed by atoms with Crippen LogP contribution < -0.4 is 15.8 Å². The number of rotatable bonds is 5. The standard InChI is InChI=1S/C29H29FN6O3/c30-22-15-18(29(39)36-11-1-2-12-36)3-5-21(22)24-16-25(27-23(33-24)7-10-31-28(27)38)34-26-6-4-19(17-32-26)35-13-8-20(37)9-14-35/h3-7,10,15-17,20,37H,1-2,8-9,11-14H2,(H,31,38)(H,32,33,34). The molecular formula is C29H29FN6O3. The van der Waals surface area contributed by atoms with Gasteiger partial charge < -0.3 is 25.2 Å². The Morgan fingerprint density at radius 1 is 1.05 bits per heavy atom. The molecule has 2 aliphatic rings. The number of aromatic amines is 1. The molecule has 0 bridgehead atoms. The summed E-state index contributed by atoms with van der Waals surface area (Å²) < 4.78 is 15.3. The molecule has 0 unspecified atom stereocenters. The van der Waals surface area contributed by atoms with E-state index in [1.165, 1.54) is 12.3 Å². The molecule has 1 amide bonds. The zero-order valence-electron chi connectivity index (χ0n) is 21.4. The highest BCUT2D eigenvalue weighted by Crippen LogP contribution is 2.31. The Morgan fingerprint density at radius 2 is 1.85 bits per heavy atom. The number of carbonyl (C=O) groups excluding carboxylic acids is 1. The van der Waals surface area contributed by atoms with Gasteiger partial charge in [0, 0.05) is 43.5 Å². The minimum Gasteiger partial charge on any atom is -0.393 e. The number of halogens is 1. The number of anilines is 3. The monoisotopic (exact) mass is 528 g/mol. The third-order valence-electron chi connectivity index (χ3n) is 7.46. The van der Waals surface area contributed by atoms with Crippen LogP contribution >= 0.6 is 0 Å². The van der Waals surface area contributed by atoms with E-state index in [0.29, 0.717) is 46.8 Å². The predicted octanol–water partition coefficient (Wildman–Crippen LogP) is 4.06. The normalized spacial score (nSPS) is 16.2. The zero-order chi connectivity index (χ0) is 26.9. The number of aliphatic hydroxyl groups is 1. The SMILES string of the molecule is O=C(c1ccc(-c2cc(Nc3ccc(N4CCC(O)CC4)cn3)c3c(=O)[nH]ccc3n2)c(F)c1)N1CCCC1. The molecule has 0 radical (unpaired) electrons. The Labute approximate surface area is 224 Å². The second kappa shape index (κ2) is 10.5. The Hall–Kier alpha value is -4.31. The van der Waals surface area contributed by atoms with E-state index in [-0.39, 0.29) is 23.1 Å². The van der Waals surface area contributed by atoms with E-state index in [1.54, 1.807) is 35.4 Å². The third-order valence-corrected chi connectivity index (χ3v) is 7.46. The second-order valence-corrected chi connectivity index (χ2v) is 10.1. The quantitative estimate of drug-likeness (QED) is 0.358. The maximum atomic E-state index is 15.3. The van der Waals surface area contributed by atoms with Gasteiger partial charge in [-0.05, 0) is 68.1 Å². The van der Waals surface area contributed by atoms with Crippen molar-refractivity contribution in [1.82, 2.24) is 19.9 Å². The molecule has 0 spiro atoms. The summed E-state index contributed by atoms with van der Waals surface area (Å²) in [4.78, 5) is 41.1. The number of likely N-dealkylation sites (tertiary alicyclic amines) is 1. The molecule has 0 atom stereocenters. The highest BCUT2D eigenvalue weighted by molar-refractivity contribution is 5.96. The van der Waals surface area contributed by atoms with E-state index >= 15 is 4.39 Å². The Bertz CT molecular complexity index is 1570. The van der Waals surface area contributed by atoms with E-state index in [1.807, 2.05) is 12.1 Å². The summed E-state index contributed by atoms with van der Waals surface area (Å²) >= 11 is 0. The van der Waals surface area contributed by atoms with Gasteiger partial charge in [-0.25, -0.2) is 14.4 Å². The molecule has 2 aliphatic heterocycles. The van der Waals surface area contributed by atoms with Crippen LogP contribution in [0.5, 0.6) is 0 Å². The Kier molecular flexibility index (Phi) is 6.70. The molecule has 2 saturated heterocycles. The highest BCUT2D eigenvalue weighted by Gasteiger charge is 2.22. The van der Waals surface area contributed by atoms with Gasteiger partial charge in [0.05, 0.1) is 40.3 Å². The fraction of sp³-hybridized carbons (Fsp3) is 0.310. The number of fused-ring (bicyclic) bond motifs is 1. The van der Waals surface area contributed by atoms with Crippen LogP contribution in [0, 0.1) is 5.82 Å². The fourth-order valence-corrected chi connectivity index (χ4v) is 5.30. The van der Waals surface area contributed by atoms with Crippen molar-refractivity contribution in [1.29, 1.82) is 0 Å². The number of hydrogen-bond donors (Lipinski definition) is 3. The number of pyridine rings is 3. The highest BCUT2D eigenvalue weighted by atomic mass is 19.1. The van der Waals surface area contributed by atoms with Gasteiger partial charge in [-0.1, -0.05) is 0 Å². The molecule has 1 aromatic carbocycles. The summed E-state index contributed by atoms with van der Waals surface area (Å²) in [6.45, 7) is 2.90. The largest absolute Gasteiger partial charge is 0.393 e. The number of carbonyl (C=O) groups is 1. The number of aliphatic hydroxyl groups excluding tert-OH is 1. The molecule has 10 heteroatoms. The molecule has 6 rings (SSSR count). The zero-order valence-corrected chi connectivity index (χ0v) is 21.4. The number of hydrogen-bond acceptors (Lipinski definition) is 7. The van der Waals surface area contributed by atoms with Gasteiger partial charge in [-0.15, -0.1) is 0 Å². The first-order valence-electron chi connectivity index (χ1n) is 13.2. The lowest BCUT2D eigenvalue weighted by Gasteiger charge is -2.31. The predicted molar refractivity (Wildman–Crippen MR) is 148 cm³/mol. The van der Waals surface area contributed by atoms with Gasteiger partial charge in [0.15, 0.2) is 0 Å². The second-order valence-electron chi connectivity index (χ2n) is 10.1. The average molecular weight is 529 g/mol. The van der Waals surface area contributed by atoms with Crippen LogP contribution in [0.15, 0.2) is 59.7 Å². The van der Waals surface area contributed by atoms with Crippen LogP contribution in [0.25, 0.3) is 22.2 Å². The Balaban J connectivity index is 1.32. The number of aromatic nitrogens is 3. The number of benzene rings is 1. The molecule has 5 heterocycles. The number of amides is 1. The van der Waals surface area contributed by atoms with Crippen molar-refractivity contribution in [3.63, 3.8) is 0 Å². The van der Waals surface area contributed by atoms with Crippen molar-refractivity contribution >= 4 is 34.0 Å². The number of nitrogens with zero attached hydrogens (tertiary/aromatic N) is 4. The maximum absolute atomic E-state index is 15.3. The summed E-state index contributed by atoms with van der Waals surface area (Å²) in [5.41, 5.74) is 2.33. The average Bonchev–Trinajstić information content (AvgIpc) is 3.49. The van der Waals surface area contributed by atoms with Gasteiger partial charge in [0.1, 0.15) is 11.6 Å². The van der Waals surface area contributed by atoms with E-state index in [9.17, 15) is 14.7 Å². The summed E-state index contributed by atoms with van der Waals surface area (Å²) in [6, 6.07) is 11.5. The van der Waals surface area contributed by atoms with Crippen LogP contribution in [0.4, 0.5) is 21.6 Å². The van der Waals surface area contributed by atoms with Gasteiger partial charge in [-0.2, -0.15) is 0 Å². The van der Waals surface area contributed by atoms with Crippen molar-refractivity contribution in [2.24, 2.45) is 0 Å². The van der Waals surface area contributed by atoms with E-state index < -0.39 is 5.82 Å². The van der Waals surface area contributed by atoms with Crippen molar-refractivity contribution in [2.75, 3.05) is 36.4 Å². The molecule has 0 aliphatic carbocycles. The first-order valence-corrected chi connectivity index (χ1v) is 13.2. The lowest BCUT2D eigenvalue weighted by Crippen LogP contribution is -2.35. The minimum absolute atomic E-state index is 0.173. The lowest BCUT2D eigenvalue weighted by molar-refractivity contribution is 0.0792. The minimum atomic E-state index is -0.559. The first kappa shape index (κ1) is 25.0. The maximum Gasteiger partial charge on any atom is 0.259 e. The first-order chi connectivity index (χ1) is 19.0. The Morgan fingerprint density at radius 3 is 2.56 bits per heavy atom. The molecule has 3 N–H and O–H groups in total. The molecule has 3 aromatic heterocycles. The van der Waals surface area contributed by atoms with Crippen molar-refractivity contribution in [2.45, 2.75) is 31.8 Å². The topological polar surface area (TPSA) is 114 Å². The smallest absolute Gasteiger partial charge is 0.259 e. The molecule has 9 nitrogen and oxygen atoms in total. The van der Waals surface area contributed by atoms with Crippen molar-refractivity contribution in [3.05, 3.63) is 76.6 Å². The molecule has 0 saturated carbocycles. The number of nitrogens with one attached hydrogen (secondary N) is 2. The third kappa shape index (κ3) is 5.07. The van der Waals surface area contributed by atoms with Crippen LogP contribution in [0.1, 0.15) is 36.0 Å².